The van der Waals surface area contributed by atoms with Gasteiger partial charge in [-0.25, -0.2) is 9.59 Å². The Labute approximate surface area is 384 Å². The summed E-state index contributed by atoms with van der Waals surface area (Å²) in [5.74, 6) is -1.77. The van der Waals surface area contributed by atoms with E-state index in [-0.39, 0.29) is 47.9 Å². The van der Waals surface area contributed by atoms with Crippen LogP contribution in [0.4, 0.5) is 0 Å². The van der Waals surface area contributed by atoms with Gasteiger partial charge in [0.25, 0.3) is 0 Å². The first-order valence-corrected chi connectivity index (χ1v) is 21.9. The second-order valence-corrected chi connectivity index (χ2v) is 18.5. The Balaban J connectivity index is 0.000000244. The number of carbonyl (C=O) groups is 4. The lowest BCUT2D eigenvalue weighted by Gasteiger charge is -2.29. The fourth-order valence-electron chi connectivity index (χ4n) is 7.31. The van der Waals surface area contributed by atoms with Gasteiger partial charge in [-0.05, 0) is 99.4 Å². The largest absolute Gasteiger partial charge is 0.465 e. The second-order valence-electron chi connectivity index (χ2n) is 18.5. The molecule has 2 unspecified atom stereocenters. The molecule has 338 valence electrons. The molecule has 0 amide bonds. The van der Waals surface area contributed by atoms with Crippen molar-refractivity contribution in [1.82, 2.24) is 0 Å². The molecular weight excluding hydrogens is 813 g/mol. The molecule has 65 heavy (non-hydrogen) atoms. The average Bonchev–Trinajstić information content (AvgIpc) is 3.32. The topological polar surface area (TPSA) is 105 Å². The summed E-state index contributed by atoms with van der Waals surface area (Å²) >= 11 is 0. The van der Waals surface area contributed by atoms with E-state index < -0.39 is 11.3 Å². The van der Waals surface area contributed by atoms with Crippen molar-refractivity contribution in [3.63, 3.8) is 0 Å². The standard InChI is InChI=1S/C29H32O4.C28H30O4/c1-28(2,3)24-15-17-25(18-16-24)29(4,27(31)33-20-22-9-7-6-8-10-22)19-21-11-13-23(14-12-21)26(30)32-5;1-28(2,3)24-16-14-22(15-17-24)25(27(30)32-19-21-8-6-5-7-9-21)18-20-10-12-23(13-11-20)26(29)31-4/h6-18H,19-20H2,1-5H3;5-17,25H,18-19H2,1-4H3. The second kappa shape index (κ2) is 22.2. The van der Waals surface area contributed by atoms with Crippen molar-refractivity contribution >= 4 is 23.9 Å². The molecule has 6 rings (SSSR count). The van der Waals surface area contributed by atoms with Gasteiger partial charge in [0.05, 0.1) is 36.7 Å². The number of methoxy groups -OCH3 is 2. The summed E-state index contributed by atoms with van der Waals surface area (Å²) in [6.07, 6.45) is 0.918. The van der Waals surface area contributed by atoms with Crippen LogP contribution in [-0.2, 0) is 70.8 Å². The first kappa shape index (κ1) is 49.2. The third-order valence-electron chi connectivity index (χ3n) is 11.5. The van der Waals surface area contributed by atoms with Crippen LogP contribution >= 0.6 is 0 Å². The quantitative estimate of drug-likeness (QED) is 0.0787. The summed E-state index contributed by atoms with van der Waals surface area (Å²) in [5.41, 5.74) is 8.10. The van der Waals surface area contributed by atoms with Crippen LogP contribution in [-0.4, -0.2) is 38.1 Å². The molecule has 6 aromatic rings. The highest BCUT2D eigenvalue weighted by Gasteiger charge is 2.37. The zero-order valence-electron chi connectivity index (χ0n) is 39.2. The Bertz CT molecular complexity index is 2460. The fraction of sp³-hybridized carbons (Fsp3) is 0.298. The molecule has 0 heterocycles. The van der Waals surface area contributed by atoms with Crippen molar-refractivity contribution in [3.8, 4) is 0 Å². The SMILES string of the molecule is COC(=O)c1ccc(CC(C(=O)OCc2ccccc2)c2ccc(C(C)(C)C)cc2)cc1.COC(=O)c1ccc(CC(C)(C(=O)OCc2ccccc2)c2ccc(C(C)(C)C)cc2)cc1. The van der Waals surface area contributed by atoms with Crippen molar-refractivity contribution in [1.29, 1.82) is 0 Å². The molecule has 2 atom stereocenters. The van der Waals surface area contributed by atoms with Gasteiger partial charge in [0.15, 0.2) is 0 Å². The predicted molar refractivity (Wildman–Crippen MR) is 256 cm³/mol. The molecule has 0 aliphatic carbocycles. The van der Waals surface area contributed by atoms with Gasteiger partial charge < -0.3 is 18.9 Å². The number of carbonyl (C=O) groups excluding carboxylic acids is 4. The Morgan fingerprint density at radius 2 is 0.846 bits per heavy atom. The summed E-state index contributed by atoms with van der Waals surface area (Å²) < 4.78 is 21.0. The van der Waals surface area contributed by atoms with Crippen LogP contribution in [0.15, 0.2) is 158 Å². The molecule has 6 aromatic carbocycles. The van der Waals surface area contributed by atoms with Crippen LogP contribution in [0.1, 0.15) is 120 Å². The summed E-state index contributed by atoms with van der Waals surface area (Å²) in [4.78, 5) is 50.1. The van der Waals surface area contributed by atoms with E-state index in [0.29, 0.717) is 24.0 Å². The molecule has 0 fully saturated rings. The molecule has 8 heteroatoms. The number of ether oxygens (including phenoxy) is 4. The normalized spacial score (nSPS) is 12.6. The van der Waals surface area contributed by atoms with Crippen LogP contribution in [0.25, 0.3) is 0 Å². The van der Waals surface area contributed by atoms with Gasteiger partial charge in [-0.1, -0.05) is 175 Å². The summed E-state index contributed by atoms with van der Waals surface area (Å²) in [5, 5.41) is 0. The van der Waals surface area contributed by atoms with E-state index in [1.807, 2.05) is 116 Å². The smallest absolute Gasteiger partial charge is 0.337 e. The van der Waals surface area contributed by atoms with Gasteiger partial charge in [-0.3, -0.25) is 9.59 Å². The first-order chi connectivity index (χ1) is 30.9. The molecule has 0 aliphatic heterocycles. The van der Waals surface area contributed by atoms with Gasteiger partial charge >= 0.3 is 23.9 Å². The van der Waals surface area contributed by atoms with E-state index in [0.717, 1.165) is 33.4 Å². The monoisotopic (exact) mass is 874 g/mol. The van der Waals surface area contributed by atoms with Crippen LogP contribution in [0.5, 0.6) is 0 Å². The Kier molecular flexibility index (Phi) is 16.8. The van der Waals surface area contributed by atoms with Crippen molar-refractivity contribution in [2.24, 2.45) is 0 Å². The highest BCUT2D eigenvalue weighted by atomic mass is 16.5. The minimum absolute atomic E-state index is 0.0203. The minimum Gasteiger partial charge on any atom is -0.465 e. The first-order valence-electron chi connectivity index (χ1n) is 21.9. The van der Waals surface area contributed by atoms with E-state index in [1.165, 1.54) is 25.3 Å². The molecule has 0 spiro atoms. The number of esters is 4. The molecule has 0 aromatic heterocycles. The number of hydrogen-bond donors (Lipinski definition) is 0. The number of benzene rings is 6. The van der Waals surface area contributed by atoms with E-state index in [9.17, 15) is 19.2 Å². The summed E-state index contributed by atoms with van der Waals surface area (Å²) in [7, 11) is 2.72. The van der Waals surface area contributed by atoms with E-state index >= 15 is 0 Å². The zero-order chi connectivity index (χ0) is 47.2. The molecule has 8 nitrogen and oxygen atoms in total. The maximum absolute atomic E-state index is 13.5. The van der Waals surface area contributed by atoms with E-state index in [2.05, 4.69) is 65.8 Å². The molecule has 0 saturated heterocycles. The van der Waals surface area contributed by atoms with Crippen LogP contribution in [0.2, 0.25) is 0 Å². The lowest BCUT2D eigenvalue weighted by molar-refractivity contribution is -0.151. The average molecular weight is 875 g/mol. The van der Waals surface area contributed by atoms with Crippen molar-refractivity contribution in [2.75, 3.05) is 14.2 Å². The van der Waals surface area contributed by atoms with Gasteiger partial charge in [-0.15, -0.1) is 0 Å². The molecule has 0 N–H and O–H groups in total. The van der Waals surface area contributed by atoms with Crippen LogP contribution < -0.4 is 0 Å². The molecule has 0 aliphatic rings. The van der Waals surface area contributed by atoms with Crippen LogP contribution in [0, 0.1) is 0 Å². The number of hydrogen-bond acceptors (Lipinski definition) is 8. The highest BCUT2D eigenvalue weighted by Crippen LogP contribution is 2.33. The minimum atomic E-state index is -0.891. The summed E-state index contributed by atoms with van der Waals surface area (Å²) in [6.45, 7) is 15.4. The molecular formula is C57H62O8. The molecule has 0 radical (unpaired) electrons. The Hall–Kier alpha value is -6.80. The van der Waals surface area contributed by atoms with Gasteiger partial charge in [-0.2, -0.15) is 0 Å². The van der Waals surface area contributed by atoms with Gasteiger partial charge in [0, 0.05) is 0 Å². The highest BCUT2D eigenvalue weighted by molar-refractivity contribution is 5.90. The van der Waals surface area contributed by atoms with Crippen molar-refractivity contribution in [3.05, 3.63) is 213 Å². The fourth-order valence-corrected chi connectivity index (χ4v) is 7.31. The molecule has 0 bridgehead atoms. The van der Waals surface area contributed by atoms with Crippen molar-refractivity contribution < 1.29 is 38.1 Å². The maximum atomic E-state index is 13.5. The lowest BCUT2D eigenvalue weighted by Crippen LogP contribution is -2.36. The zero-order valence-corrected chi connectivity index (χ0v) is 39.2. The van der Waals surface area contributed by atoms with Crippen molar-refractivity contribution in [2.45, 2.75) is 96.7 Å². The third kappa shape index (κ3) is 13.8. The maximum Gasteiger partial charge on any atom is 0.337 e. The van der Waals surface area contributed by atoms with E-state index in [1.54, 1.807) is 24.3 Å². The van der Waals surface area contributed by atoms with E-state index in [4.69, 9.17) is 18.9 Å². The van der Waals surface area contributed by atoms with Crippen LogP contribution in [0.3, 0.4) is 0 Å². The predicted octanol–water partition coefficient (Wildman–Crippen LogP) is 11.9. The van der Waals surface area contributed by atoms with Gasteiger partial charge in [0.1, 0.15) is 13.2 Å². The Morgan fingerprint density at radius 1 is 0.446 bits per heavy atom. The van der Waals surface area contributed by atoms with Gasteiger partial charge in [0.2, 0.25) is 0 Å². The third-order valence-corrected chi connectivity index (χ3v) is 11.5. The number of rotatable bonds is 14. The lowest BCUT2D eigenvalue weighted by atomic mass is 9.76. The Morgan fingerprint density at radius 3 is 1.28 bits per heavy atom. The summed E-state index contributed by atoms with van der Waals surface area (Å²) in [6, 6.07) is 50.0. The molecule has 0 saturated carbocycles.